The number of esters is 1. The topological polar surface area (TPSA) is 116 Å². The van der Waals surface area contributed by atoms with Gasteiger partial charge in [0.2, 0.25) is 0 Å². The quantitative estimate of drug-likeness (QED) is 0.229. The van der Waals surface area contributed by atoms with Gasteiger partial charge < -0.3 is 9.47 Å². The Kier molecular flexibility index (Phi) is 6.89. The zero-order valence-corrected chi connectivity index (χ0v) is 19.9. The summed E-state index contributed by atoms with van der Waals surface area (Å²) in [7, 11) is -2.74. The van der Waals surface area contributed by atoms with Crippen LogP contribution in [0.15, 0.2) is 58.0 Å². The van der Waals surface area contributed by atoms with Gasteiger partial charge in [0.15, 0.2) is 5.76 Å². The van der Waals surface area contributed by atoms with Crippen molar-refractivity contribution in [3.8, 4) is 5.75 Å². The summed E-state index contributed by atoms with van der Waals surface area (Å²) in [5, 5.41) is 10.9. The number of carbonyl (C=O) groups is 1. The van der Waals surface area contributed by atoms with E-state index in [0.29, 0.717) is 11.3 Å². The van der Waals surface area contributed by atoms with Crippen LogP contribution in [0.4, 0.5) is 5.69 Å². The summed E-state index contributed by atoms with van der Waals surface area (Å²) >= 11 is 3.33. The van der Waals surface area contributed by atoms with Crippen molar-refractivity contribution in [1.29, 1.82) is 0 Å². The molecule has 1 aliphatic heterocycles. The summed E-state index contributed by atoms with van der Waals surface area (Å²) in [6.45, 7) is 3.72. The van der Waals surface area contributed by atoms with Crippen LogP contribution in [-0.2, 0) is 19.6 Å². The van der Waals surface area contributed by atoms with E-state index in [1.807, 2.05) is 13.8 Å². The molecule has 0 saturated carbocycles. The van der Waals surface area contributed by atoms with Crippen molar-refractivity contribution < 1.29 is 27.6 Å². The lowest BCUT2D eigenvalue weighted by Gasteiger charge is -2.36. The zero-order chi connectivity index (χ0) is 23.6. The fourth-order valence-electron chi connectivity index (χ4n) is 3.23. The molecule has 1 heterocycles. The largest absolute Gasteiger partial charge is 0.497 e. The predicted octanol–water partition coefficient (Wildman–Crippen LogP) is 4.29. The molecular weight excluding hydrogens is 504 g/mol. The molecular formula is C21H21BrN2O7S. The normalized spacial score (nSPS) is 16.8. The second kappa shape index (κ2) is 9.29. The number of benzene rings is 2. The van der Waals surface area contributed by atoms with Crippen LogP contribution in [0.1, 0.15) is 25.8 Å². The predicted molar refractivity (Wildman–Crippen MR) is 120 cm³/mol. The number of sulfonamides is 1. The third-order valence-corrected chi connectivity index (χ3v) is 7.59. The van der Waals surface area contributed by atoms with Crippen LogP contribution in [0.5, 0.6) is 5.75 Å². The number of carbonyl (C=O) groups excluding carboxylic acids is 1. The number of methoxy groups -OCH3 is 1. The van der Waals surface area contributed by atoms with E-state index in [0.717, 1.165) is 28.6 Å². The first-order valence-corrected chi connectivity index (χ1v) is 11.8. The van der Waals surface area contributed by atoms with Crippen molar-refractivity contribution in [2.45, 2.75) is 31.2 Å². The molecule has 2 aromatic rings. The lowest BCUT2D eigenvalue weighted by molar-refractivity contribution is -0.384. The van der Waals surface area contributed by atoms with Gasteiger partial charge in [0.05, 0.1) is 16.9 Å². The number of hydrogen-bond acceptors (Lipinski definition) is 7. The number of ether oxygens (including phenoxy) is 2. The molecule has 0 amide bonds. The molecule has 170 valence electrons. The van der Waals surface area contributed by atoms with Crippen LogP contribution in [-0.4, -0.2) is 36.8 Å². The Morgan fingerprint density at radius 2 is 1.75 bits per heavy atom. The average Bonchev–Trinajstić information content (AvgIpc) is 2.75. The molecule has 0 aliphatic carbocycles. The fraction of sp³-hybridized carbons (Fsp3) is 0.286. The summed E-state index contributed by atoms with van der Waals surface area (Å²) < 4.78 is 38.8. The molecule has 32 heavy (non-hydrogen) atoms. The van der Waals surface area contributed by atoms with Gasteiger partial charge >= 0.3 is 5.97 Å². The van der Waals surface area contributed by atoms with Gasteiger partial charge in [0.25, 0.3) is 15.7 Å². The molecule has 1 unspecified atom stereocenters. The van der Waals surface area contributed by atoms with E-state index in [2.05, 4.69) is 15.9 Å². The lowest BCUT2D eigenvalue weighted by atomic mass is 10.0. The Hall–Kier alpha value is -2.92. The summed E-state index contributed by atoms with van der Waals surface area (Å²) in [5.41, 5.74) is 0.229. The Morgan fingerprint density at radius 1 is 1.16 bits per heavy atom. The Labute approximate surface area is 194 Å². The van der Waals surface area contributed by atoms with E-state index in [1.165, 1.54) is 7.11 Å². The molecule has 1 atom stereocenters. The molecule has 0 spiro atoms. The van der Waals surface area contributed by atoms with Gasteiger partial charge in [-0.1, -0.05) is 13.8 Å². The minimum atomic E-state index is -4.25. The molecule has 9 nitrogen and oxygen atoms in total. The van der Waals surface area contributed by atoms with Gasteiger partial charge in [0.1, 0.15) is 16.4 Å². The molecule has 0 bridgehead atoms. The number of nitro benzene ring substituents is 1. The summed E-state index contributed by atoms with van der Waals surface area (Å²) in [6.07, 6.45) is 0.218. The van der Waals surface area contributed by atoms with E-state index in [9.17, 15) is 23.3 Å². The van der Waals surface area contributed by atoms with Crippen molar-refractivity contribution in [3.63, 3.8) is 0 Å². The third kappa shape index (κ3) is 4.63. The average molecular weight is 525 g/mol. The van der Waals surface area contributed by atoms with E-state index >= 15 is 0 Å². The molecule has 11 heteroatoms. The molecule has 0 aromatic heterocycles. The molecule has 0 radical (unpaired) electrons. The molecule has 2 aromatic carbocycles. The Balaban J connectivity index is 2.14. The number of non-ortho nitro benzene ring substituents is 1. The fourth-order valence-corrected chi connectivity index (χ4v) is 5.87. The zero-order valence-electron chi connectivity index (χ0n) is 17.5. The SMILES string of the molecule is COc1ccc(C2=C(Br)N(S(=O)(=O)c3ccc([N+](=O)[O-])cc3)C(CC(C)C)C(=O)O2)cc1. The molecule has 0 fully saturated rings. The maximum atomic E-state index is 13.6. The van der Waals surface area contributed by atoms with Crippen molar-refractivity contribution in [1.82, 2.24) is 4.31 Å². The lowest BCUT2D eigenvalue weighted by Crippen LogP contribution is -2.47. The molecule has 3 rings (SSSR count). The van der Waals surface area contributed by atoms with Gasteiger partial charge in [-0.15, -0.1) is 0 Å². The number of nitro groups is 1. The minimum Gasteiger partial charge on any atom is -0.497 e. The highest BCUT2D eigenvalue weighted by Gasteiger charge is 2.44. The van der Waals surface area contributed by atoms with E-state index < -0.39 is 27.0 Å². The molecule has 0 saturated heterocycles. The highest BCUT2D eigenvalue weighted by Crippen LogP contribution is 2.39. The number of rotatable bonds is 7. The summed E-state index contributed by atoms with van der Waals surface area (Å²) in [5.74, 6) is -0.0908. The highest BCUT2D eigenvalue weighted by atomic mass is 79.9. The van der Waals surface area contributed by atoms with Crippen LogP contribution >= 0.6 is 15.9 Å². The standard InChI is InChI=1S/C21H21BrN2O7S/c1-13(2)12-18-21(25)31-19(14-4-8-16(30-3)9-5-14)20(22)23(18)32(28,29)17-10-6-15(7-11-17)24(26)27/h4-11,13,18H,12H2,1-3H3. The second-order valence-electron chi connectivity index (χ2n) is 7.47. The minimum absolute atomic E-state index is 0.00931. The van der Waals surface area contributed by atoms with Crippen LogP contribution < -0.4 is 4.74 Å². The van der Waals surface area contributed by atoms with E-state index in [1.54, 1.807) is 24.3 Å². The Morgan fingerprint density at radius 3 is 2.25 bits per heavy atom. The van der Waals surface area contributed by atoms with E-state index in [4.69, 9.17) is 9.47 Å². The van der Waals surface area contributed by atoms with Gasteiger partial charge in [-0.05, 0) is 64.7 Å². The third-order valence-electron chi connectivity index (χ3n) is 4.79. The first-order chi connectivity index (χ1) is 15.1. The smallest absolute Gasteiger partial charge is 0.335 e. The maximum Gasteiger partial charge on any atom is 0.335 e. The molecule has 0 N–H and O–H groups in total. The summed E-state index contributed by atoms with van der Waals surface area (Å²) in [4.78, 5) is 23.1. The van der Waals surface area contributed by atoms with Crippen molar-refractivity contribution in [3.05, 3.63) is 68.8 Å². The van der Waals surface area contributed by atoms with Gasteiger partial charge in [-0.3, -0.25) is 10.1 Å². The number of cyclic esters (lactones) is 1. The second-order valence-corrected chi connectivity index (χ2v) is 10.0. The van der Waals surface area contributed by atoms with Crippen LogP contribution in [0.2, 0.25) is 0 Å². The number of hydrogen-bond donors (Lipinski definition) is 0. The monoisotopic (exact) mass is 524 g/mol. The van der Waals surface area contributed by atoms with Crippen LogP contribution in [0, 0.1) is 16.0 Å². The first-order valence-electron chi connectivity index (χ1n) is 9.61. The van der Waals surface area contributed by atoms with Crippen molar-refractivity contribution in [2.75, 3.05) is 7.11 Å². The summed E-state index contributed by atoms with van der Waals surface area (Å²) in [6, 6.07) is 10.00. The molecule has 1 aliphatic rings. The Bertz CT molecular complexity index is 1160. The van der Waals surface area contributed by atoms with Crippen molar-refractivity contribution in [2.24, 2.45) is 5.92 Å². The number of nitrogens with zero attached hydrogens (tertiary/aromatic N) is 2. The van der Waals surface area contributed by atoms with E-state index in [-0.39, 0.29) is 33.3 Å². The number of halogens is 1. The van der Waals surface area contributed by atoms with Crippen molar-refractivity contribution >= 4 is 43.4 Å². The maximum absolute atomic E-state index is 13.6. The highest BCUT2D eigenvalue weighted by molar-refractivity contribution is 9.11. The van der Waals surface area contributed by atoms with Crippen LogP contribution in [0.3, 0.4) is 0 Å². The van der Waals surface area contributed by atoms with Gasteiger partial charge in [0, 0.05) is 17.7 Å². The van der Waals surface area contributed by atoms with Crippen LogP contribution in [0.25, 0.3) is 5.76 Å². The van der Waals surface area contributed by atoms with Gasteiger partial charge in [-0.2, -0.15) is 0 Å². The van der Waals surface area contributed by atoms with Gasteiger partial charge in [-0.25, -0.2) is 17.5 Å². The first kappa shape index (κ1) is 23.7.